The van der Waals surface area contributed by atoms with Crippen LogP contribution in [0.3, 0.4) is 0 Å². The van der Waals surface area contributed by atoms with E-state index in [-0.39, 0.29) is 0 Å². The summed E-state index contributed by atoms with van der Waals surface area (Å²) < 4.78 is 9.87. The third-order valence-electron chi connectivity index (χ3n) is 15.5. The van der Waals surface area contributed by atoms with Crippen molar-refractivity contribution in [3.8, 4) is 56.7 Å². The number of nitrogens with zero attached hydrogens (tertiary/aromatic N) is 6. The Labute approximate surface area is 436 Å². The highest BCUT2D eigenvalue weighted by atomic mass is 15.0. The molecule has 16 aromatic rings. The molecule has 354 valence electrons. The first-order chi connectivity index (χ1) is 37.7. The third kappa shape index (κ3) is 6.22. The van der Waals surface area contributed by atoms with Gasteiger partial charge in [0.1, 0.15) is 0 Å². The second-order valence-electron chi connectivity index (χ2n) is 19.7. The van der Waals surface area contributed by atoms with Crippen molar-refractivity contribution in [3.05, 3.63) is 267 Å². The van der Waals surface area contributed by atoms with E-state index in [0.717, 1.165) is 94.6 Å². The number of para-hydroxylation sites is 6. The quantitative estimate of drug-likeness (QED) is 0.160. The van der Waals surface area contributed by atoms with Crippen LogP contribution in [0.25, 0.3) is 144 Å². The molecule has 0 radical (unpaired) electrons. The number of benzene rings is 11. The standard InChI is InChI=1S/C70H44N6/c1-6-22-45(23-7-1)58-44-59(72-70(71-58)46-24-8-2-9-25-46)57-43-56-51-32-16-19-35-60(51)76(68(56)66-54-34-18-21-37-62(54)74(69(57)66)48-28-12-4-13-29-48)50-38-40-63-55(42-50)52-39-41-64-65(67(52)75(63)49-30-14-5-15-31-49)53-33-17-20-36-61(53)73(64)47-26-10-3-11-27-47/h1-44H. The average molecular weight is 969 g/mol. The first-order valence-corrected chi connectivity index (χ1v) is 25.9. The molecular formula is C70H44N6. The molecule has 6 heteroatoms. The molecule has 76 heavy (non-hydrogen) atoms. The molecule has 16 rings (SSSR count). The highest BCUT2D eigenvalue weighted by Crippen LogP contribution is 2.48. The van der Waals surface area contributed by atoms with Gasteiger partial charge < -0.3 is 18.3 Å². The van der Waals surface area contributed by atoms with E-state index in [2.05, 4.69) is 279 Å². The summed E-state index contributed by atoms with van der Waals surface area (Å²) in [7, 11) is 0. The van der Waals surface area contributed by atoms with Crippen molar-refractivity contribution in [2.24, 2.45) is 0 Å². The minimum atomic E-state index is 0.680. The molecule has 11 aromatic carbocycles. The van der Waals surface area contributed by atoms with Crippen LogP contribution in [0.4, 0.5) is 0 Å². The molecule has 5 heterocycles. The fraction of sp³-hybridized carbons (Fsp3) is 0. The summed E-state index contributed by atoms with van der Waals surface area (Å²) in [5.74, 6) is 0.680. The summed E-state index contributed by atoms with van der Waals surface area (Å²) in [5.41, 5.74) is 18.3. The van der Waals surface area contributed by atoms with Gasteiger partial charge in [0.2, 0.25) is 0 Å². The monoisotopic (exact) mass is 968 g/mol. The number of hydrogen-bond acceptors (Lipinski definition) is 2. The maximum Gasteiger partial charge on any atom is 0.160 e. The summed E-state index contributed by atoms with van der Waals surface area (Å²) >= 11 is 0. The SMILES string of the molecule is c1ccc(-c2cc(-c3cc4c5ccccc5n(-c5ccc6c(c5)c5ccc7c(c8ccccc8n7-c7ccccc7)c5n6-c5ccccc5)c4c4c5ccccc5n(-c5ccccc5)c34)nc(-c3ccccc3)n2)cc1. The molecule has 0 saturated heterocycles. The van der Waals surface area contributed by atoms with Crippen molar-refractivity contribution in [1.82, 2.24) is 28.2 Å². The van der Waals surface area contributed by atoms with Gasteiger partial charge in [0.15, 0.2) is 5.82 Å². The lowest BCUT2D eigenvalue weighted by Gasteiger charge is -2.15. The van der Waals surface area contributed by atoms with Crippen LogP contribution in [0, 0.1) is 0 Å². The van der Waals surface area contributed by atoms with Crippen LogP contribution in [0.2, 0.25) is 0 Å². The summed E-state index contributed by atoms with van der Waals surface area (Å²) in [5, 5.41) is 9.47. The first-order valence-electron chi connectivity index (χ1n) is 25.9. The van der Waals surface area contributed by atoms with Gasteiger partial charge in [0, 0.05) is 82.5 Å². The molecule has 0 saturated carbocycles. The highest BCUT2D eigenvalue weighted by molar-refractivity contribution is 6.30. The maximum atomic E-state index is 5.52. The van der Waals surface area contributed by atoms with Gasteiger partial charge in [-0.1, -0.05) is 176 Å². The lowest BCUT2D eigenvalue weighted by molar-refractivity contribution is 1.16. The van der Waals surface area contributed by atoms with Crippen molar-refractivity contribution in [2.75, 3.05) is 0 Å². The molecule has 0 atom stereocenters. The maximum absolute atomic E-state index is 5.52. The van der Waals surface area contributed by atoms with Gasteiger partial charge in [0.05, 0.1) is 55.5 Å². The third-order valence-corrected chi connectivity index (χ3v) is 15.5. The fourth-order valence-electron chi connectivity index (χ4n) is 12.4. The van der Waals surface area contributed by atoms with E-state index >= 15 is 0 Å². The minimum absolute atomic E-state index is 0.680. The lowest BCUT2D eigenvalue weighted by atomic mass is 9.99. The number of fused-ring (bicyclic) bond motifs is 14. The predicted octanol–water partition coefficient (Wildman–Crippen LogP) is 17.9. The van der Waals surface area contributed by atoms with Crippen molar-refractivity contribution in [2.45, 2.75) is 0 Å². The molecule has 0 unspecified atom stereocenters. The highest BCUT2D eigenvalue weighted by Gasteiger charge is 2.27. The van der Waals surface area contributed by atoms with Crippen molar-refractivity contribution < 1.29 is 0 Å². The molecule has 0 spiro atoms. The Balaban J connectivity index is 1.04. The summed E-state index contributed by atoms with van der Waals surface area (Å²) in [6, 6.07) is 96.2. The van der Waals surface area contributed by atoms with E-state index in [1.807, 2.05) is 6.07 Å². The fourth-order valence-corrected chi connectivity index (χ4v) is 12.4. The van der Waals surface area contributed by atoms with Gasteiger partial charge in [-0.3, -0.25) is 0 Å². The Morgan fingerprint density at radius 3 is 1.33 bits per heavy atom. The smallest absolute Gasteiger partial charge is 0.160 e. The average Bonchev–Trinajstić information content (AvgIpc) is 4.35. The van der Waals surface area contributed by atoms with Crippen LogP contribution >= 0.6 is 0 Å². The second-order valence-corrected chi connectivity index (χ2v) is 19.7. The second kappa shape index (κ2) is 16.6. The van der Waals surface area contributed by atoms with Gasteiger partial charge >= 0.3 is 0 Å². The van der Waals surface area contributed by atoms with Gasteiger partial charge in [-0.2, -0.15) is 0 Å². The van der Waals surface area contributed by atoms with Crippen LogP contribution in [0.15, 0.2) is 267 Å². The normalized spacial score (nSPS) is 11.9. The van der Waals surface area contributed by atoms with Crippen LogP contribution < -0.4 is 0 Å². The summed E-state index contributed by atoms with van der Waals surface area (Å²) in [6.07, 6.45) is 0. The van der Waals surface area contributed by atoms with Crippen LogP contribution in [-0.4, -0.2) is 28.2 Å². The Kier molecular flexibility index (Phi) is 9.23. The van der Waals surface area contributed by atoms with E-state index in [9.17, 15) is 0 Å². The predicted molar refractivity (Wildman–Crippen MR) is 316 cm³/mol. The lowest BCUT2D eigenvalue weighted by Crippen LogP contribution is -2.00. The van der Waals surface area contributed by atoms with Gasteiger partial charge in [-0.15, -0.1) is 0 Å². The van der Waals surface area contributed by atoms with Crippen LogP contribution in [0.1, 0.15) is 0 Å². The summed E-state index contributed by atoms with van der Waals surface area (Å²) in [6.45, 7) is 0. The van der Waals surface area contributed by atoms with Gasteiger partial charge in [-0.25, -0.2) is 9.97 Å². The largest absolute Gasteiger partial charge is 0.309 e. The topological polar surface area (TPSA) is 45.5 Å². The van der Waals surface area contributed by atoms with E-state index < -0.39 is 0 Å². The Bertz CT molecular complexity index is 4890. The molecule has 0 fully saturated rings. The van der Waals surface area contributed by atoms with Crippen LogP contribution in [0.5, 0.6) is 0 Å². The van der Waals surface area contributed by atoms with Crippen molar-refractivity contribution in [3.63, 3.8) is 0 Å². The van der Waals surface area contributed by atoms with E-state index in [4.69, 9.17) is 9.97 Å². The van der Waals surface area contributed by atoms with Gasteiger partial charge in [-0.05, 0) is 91.0 Å². The van der Waals surface area contributed by atoms with Gasteiger partial charge in [0.25, 0.3) is 0 Å². The van der Waals surface area contributed by atoms with E-state index in [1.165, 1.54) is 43.5 Å². The molecule has 6 nitrogen and oxygen atoms in total. The van der Waals surface area contributed by atoms with Crippen molar-refractivity contribution >= 4 is 87.2 Å². The Morgan fingerprint density at radius 2 is 0.684 bits per heavy atom. The van der Waals surface area contributed by atoms with E-state index in [1.54, 1.807) is 0 Å². The zero-order chi connectivity index (χ0) is 49.8. The van der Waals surface area contributed by atoms with Crippen molar-refractivity contribution in [1.29, 1.82) is 0 Å². The Hall–Kier alpha value is -10.3. The molecule has 0 amide bonds. The molecular weight excluding hydrogens is 925 g/mol. The molecule has 0 aliphatic heterocycles. The molecule has 0 N–H and O–H groups in total. The number of aromatic nitrogens is 6. The van der Waals surface area contributed by atoms with E-state index in [0.29, 0.717) is 5.82 Å². The zero-order valence-corrected chi connectivity index (χ0v) is 41.1. The molecule has 0 aliphatic carbocycles. The zero-order valence-electron chi connectivity index (χ0n) is 41.1. The van der Waals surface area contributed by atoms with Crippen LogP contribution in [-0.2, 0) is 0 Å². The summed E-state index contributed by atoms with van der Waals surface area (Å²) in [4.78, 5) is 10.8. The molecule has 5 aromatic heterocycles. The molecule has 0 bridgehead atoms. The minimum Gasteiger partial charge on any atom is -0.309 e. The Morgan fingerprint density at radius 1 is 0.237 bits per heavy atom. The number of rotatable bonds is 7. The number of hydrogen-bond donors (Lipinski definition) is 0. The molecule has 0 aliphatic rings. The first kappa shape index (κ1) is 42.2.